The van der Waals surface area contributed by atoms with Gasteiger partial charge in [0.1, 0.15) is 0 Å². The van der Waals surface area contributed by atoms with Crippen molar-refractivity contribution in [2.24, 2.45) is 0 Å². The molecule has 0 rings (SSSR count). The summed E-state index contributed by atoms with van der Waals surface area (Å²) in [7, 11) is -3.67. The molecule has 0 aromatic rings. The molecule has 0 aromatic heterocycles. The van der Waals surface area contributed by atoms with Gasteiger partial charge in [0, 0.05) is 13.5 Å². The predicted molar refractivity (Wildman–Crippen MR) is 41.8 cm³/mol. The van der Waals surface area contributed by atoms with Crippen LogP contribution >= 0.6 is 0 Å². The van der Waals surface area contributed by atoms with Gasteiger partial charge < -0.3 is 5.32 Å². The SMILES string of the molecule is CCNC(C)=O.CS(=O)(=O)O. The zero-order chi connectivity index (χ0) is 9.49. The first kappa shape index (κ1) is 13.0. The van der Waals surface area contributed by atoms with Gasteiger partial charge in [-0.3, -0.25) is 9.35 Å². The van der Waals surface area contributed by atoms with Gasteiger partial charge in [0.2, 0.25) is 5.91 Å². The lowest BCUT2D eigenvalue weighted by Gasteiger charge is -1.88. The maximum Gasteiger partial charge on any atom is 0.261 e. The minimum atomic E-state index is -3.67. The van der Waals surface area contributed by atoms with Gasteiger partial charge in [-0.15, -0.1) is 0 Å². The molecule has 2 N–H and O–H groups in total. The van der Waals surface area contributed by atoms with Crippen LogP contribution in [-0.4, -0.2) is 31.7 Å². The largest absolute Gasteiger partial charge is 0.357 e. The Hall–Kier alpha value is -0.620. The Morgan fingerprint density at radius 1 is 1.55 bits per heavy atom. The van der Waals surface area contributed by atoms with Crippen molar-refractivity contribution in [3.8, 4) is 0 Å². The van der Waals surface area contributed by atoms with Crippen molar-refractivity contribution in [1.82, 2.24) is 5.32 Å². The minimum absolute atomic E-state index is 0.0394. The second-order valence-electron chi connectivity index (χ2n) is 1.82. The summed E-state index contributed by atoms with van der Waals surface area (Å²) in [6.45, 7) is 4.13. The van der Waals surface area contributed by atoms with E-state index in [9.17, 15) is 13.2 Å². The van der Waals surface area contributed by atoms with Crippen LogP contribution in [0, 0.1) is 0 Å². The molecule has 68 valence electrons. The van der Waals surface area contributed by atoms with Crippen LogP contribution in [0.25, 0.3) is 0 Å². The van der Waals surface area contributed by atoms with E-state index in [2.05, 4.69) is 5.32 Å². The number of amides is 1. The highest BCUT2D eigenvalue weighted by molar-refractivity contribution is 7.85. The molecule has 0 saturated heterocycles. The fraction of sp³-hybridized carbons (Fsp3) is 0.800. The lowest BCUT2D eigenvalue weighted by Crippen LogP contribution is -2.18. The van der Waals surface area contributed by atoms with Crippen LogP contribution in [-0.2, 0) is 14.9 Å². The van der Waals surface area contributed by atoms with E-state index in [1.807, 2.05) is 6.92 Å². The molecule has 1 amide bonds. The molecular formula is C5H13NO4S. The maximum absolute atomic E-state index is 9.93. The lowest BCUT2D eigenvalue weighted by atomic mass is 10.6. The molecule has 0 saturated carbocycles. The zero-order valence-electron chi connectivity index (χ0n) is 6.79. The zero-order valence-corrected chi connectivity index (χ0v) is 7.60. The van der Waals surface area contributed by atoms with Crippen LogP contribution in [0.15, 0.2) is 0 Å². The van der Waals surface area contributed by atoms with Gasteiger partial charge in [0.15, 0.2) is 0 Å². The van der Waals surface area contributed by atoms with Crippen molar-refractivity contribution >= 4 is 16.0 Å². The Kier molecular flexibility index (Phi) is 7.23. The third-order valence-electron chi connectivity index (χ3n) is 0.426. The Morgan fingerprint density at radius 2 is 1.82 bits per heavy atom. The number of carbonyl (C=O) groups excluding carboxylic acids is 1. The average molecular weight is 183 g/mol. The van der Waals surface area contributed by atoms with Gasteiger partial charge in [-0.2, -0.15) is 8.42 Å². The van der Waals surface area contributed by atoms with Crippen molar-refractivity contribution < 1.29 is 17.8 Å². The Labute approximate surface area is 66.5 Å². The molecule has 0 heterocycles. The van der Waals surface area contributed by atoms with Gasteiger partial charge in [0.05, 0.1) is 6.26 Å². The summed E-state index contributed by atoms with van der Waals surface area (Å²) >= 11 is 0. The standard InChI is InChI=1S/C4H9NO.CH4O3S/c1-3-5-4(2)6;1-5(2,3)4/h3H2,1-2H3,(H,5,6);1H3,(H,2,3,4). The van der Waals surface area contributed by atoms with Crippen molar-refractivity contribution in [2.45, 2.75) is 13.8 Å². The Balaban J connectivity index is 0. The predicted octanol–water partition coefficient (Wildman–Crippen LogP) is -0.354. The van der Waals surface area contributed by atoms with E-state index in [0.717, 1.165) is 6.54 Å². The molecule has 5 nitrogen and oxygen atoms in total. The number of carbonyl (C=O) groups is 1. The van der Waals surface area contributed by atoms with E-state index in [0.29, 0.717) is 6.26 Å². The summed E-state index contributed by atoms with van der Waals surface area (Å²) < 4.78 is 25.9. The second-order valence-corrected chi connectivity index (χ2v) is 3.29. The molecule has 0 bridgehead atoms. The number of nitrogens with one attached hydrogen (secondary N) is 1. The first-order valence-electron chi connectivity index (χ1n) is 2.94. The Bertz CT molecular complexity index is 189. The van der Waals surface area contributed by atoms with E-state index in [-0.39, 0.29) is 5.91 Å². The van der Waals surface area contributed by atoms with Crippen molar-refractivity contribution in [1.29, 1.82) is 0 Å². The molecule has 11 heavy (non-hydrogen) atoms. The van der Waals surface area contributed by atoms with E-state index in [4.69, 9.17) is 4.55 Å². The second kappa shape index (κ2) is 6.11. The topological polar surface area (TPSA) is 83.5 Å². The average Bonchev–Trinajstić information content (AvgIpc) is 1.58. The normalized spacial score (nSPS) is 9.45. The third kappa shape index (κ3) is 90.2. The molecule has 0 aliphatic carbocycles. The van der Waals surface area contributed by atoms with Crippen LogP contribution in [0.4, 0.5) is 0 Å². The summed E-state index contributed by atoms with van der Waals surface area (Å²) in [5.74, 6) is 0.0394. The highest BCUT2D eigenvalue weighted by Gasteiger charge is 1.81. The van der Waals surface area contributed by atoms with Crippen molar-refractivity contribution in [3.05, 3.63) is 0 Å². The van der Waals surface area contributed by atoms with E-state index in [1.54, 1.807) is 0 Å². The van der Waals surface area contributed by atoms with Gasteiger partial charge >= 0.3 is 0 Å². The number of hydrogen-bond donors (Lipinski definition) is 2. The fourth-order valence-corrected chi connectivity index (χ4v) is 0.249. The third-order valence-corrected chi connectivity index (χ3v) is 0.426. The van der Waals surface area contributed by atoms with Crippen LogP contribution < -0.4 is 5.32 Å². The van der Waals surface area contributed by atoms with Crippen LogP contribution in [0.1, 0.15) is 13.8 Å². The molecule has 0 fully saturated rings. The Morgan fingerprint density at radius 3 is 1.82 bits per heavy atom. The summed E-state index contributed by atoms with van der Waals surface area (Å²) in [5.41, 5.74) is 0. The highest BCUT2D eigenvalue weighted by atomic mass is 32.2. The monoisotopic (exact) mass is 183 g/mol. The molecular weight excluding hydrogens is 170 g/mol. The molecule has 0 aliphatic heterocycles. The summed E-state index contributed by atoms with van der Waals surface area (Å²) in [5, 5.41) is 2.57. The molecule has 0 spiro atoms. The summed E-state index contributed by atoms with van der Waals surface area (Å²) in [6.07, 6.45) is 0.715. The van der Waals surface area contributed by atoms with Gasteiger partial charge in [-0.05, 0) is 6.92 Å². The van der Waals surface area contributed by atoms with E-state index >= 15 is 0 Å². The summed E-state index contributed by atoms with van der Waals surface area (Å²) in [6, 6.07) is 0. The first-order valence-corrected chi connectivity index (χ1v) is 4.79. The minimum Gasteiger partial charge on any atom is -0.357 e. The number of hydrogen-bond acceptors (Lipinski definition) is 3. The molecule has 0 aliphatic rings. The molecule has 0 aromatic carbocycles. The van der Waals surface area contributed by atoms with Gasteiger partial charge in [0.25, 0.3) is 10.1 Å². The fourth-order valence-electron chi connectivity index (χ4n) is 0.249. The summed E-state index contributed by atoms with van der Waals surface area (Å²) in [4.78, 5) is 9.93. The highest BCUT2D eigenvalue weighted by Crippen LogP contribution is 1.60. The smallest absolute Gasteiger partial charge is 0.261 e. The number of rotatable bonds is 1. The molecule has 0 radical (unpaired) electrons. The molecule has 0 unspecified atom stereocenters. The molecule has 6 heteroatoms. The van der Waals surface area contributed by atoms with Crippen LogP contribution in [0.2, 0.25) is 0 Å². The van der Waals surface area contributed by atoms with Gasteiger partial charge in [-0.1, -0.05) is 0 Å². The van der Waals surface area contributed by atoms with Crippen LogP contribution in [0.3, 0.4) is 0 Å². The first-order chi connectivity index (χ1) is 4.77. The van der Waals surface area contributed by atoms with E-state index in [1.165, 1.54) is 6.92 Å². The van der Waals surface area contributed by atoms with Crippen LogP contribution in [0.5, 0.6) is 0 Å². The molecule has 0 atom stereocenters. The maximum atomic E-state index is 9.93. The van der Waals surface area contributed by atoms with Gasteiger partial charge in [-0.25, -0.2) is 0 Å². The van der Waals surface area contributed by atoms with Crippen molar-refractivity contribution in [3.63, 3.8) is 0 Å². The van der Waals surface area contributed by atoms with Crippen molar-refractivity contribution in [2.75, 3.05) is 12.8 Å². The quantitative estimate of drug-likeness (QED) is 0.544. The lowest BCUT2D eigenvalue weighted by molar-refractivity contribution is -0.118. The van der Waals surface area contributed by atoms with E-state index < -0.39 is 10.1 Å².